The Balaban J connectivity index is 2.43. The van der Waals surface area contributed by atoms with Crippen LogP contribution in [-0.4, -0.2) is 29.0 Å². The molecule has 0 unspecified atom stereocenters. The predicted molar refractivity (Wildman–Crippen MR) is 64.5 cm³/mol. The first-order chi connectivity index (χ1) is 7.61. The number of aryl methyl sites for hydroxylation is 1. The number of carboxylic acid groups (broad SMARTS) is 1. The third kappa shape index (κ3) is 4.63. The lowest BCUT2D eigenvalue weighted by molar-refractivity contribution is 0.175. The van der Waals surface area contributed by atoms with Crippen molar-refractivity contribution in [2.75, 3.05) is 6.61 Å². The number of halogens is 1. The van der Waals surface area contributed by atoms with E-state index in [-0.39, 0.29) is 6.61 Å². The predicted octanol–water partition coefficient (Wildman–Crippen LogP) is 2.01. The molecule has 16 heavy (non-hydrogen) atoms. The van der Waals surface area contributed by atoms with E-state index in [0.717, 1.165) is 16.5 Å². The van der Waals surface area contributed by atoms with Gasteiger partial charge < -0.3 is 15.5 Å². The maximum atomic E-state index is 10.4. The van der Waals surface area contributed by atoms with Gasteiger partial charge >= 0.3 is 6.09 Å². The summed E-state index contributed by atoms with van der Waals surface area (Å²) in [7, 11) is 0. The summed E-state index contributed by atoms with van der Waals surface area (Å²) in [5.41, 5.74) is 1.12. The molecule has 0 aliphatic heterocycles. The molecule has 0 aliphatic carbocycles. The first kappa shape index (κ1) is 13.0. The third-order valence-electron chi connectivity index (χ3n) is 2.24. The highest BCUT2D eigenvalue weighted by atomic mass is 79.9. The second-order valence-corrected chi connectivity index (χ2v) is 4.41. The Morgan fingerprint density at radius 3 is 2.50 bits per heavy atom. The zero-order valence-electron chi connectivity index (χ0n) is 8.69. The highest BCUT2D eigenvalue weighted by Gasteiger charge is 2.09. The molecular formula is C11H14BrNO3. The number of hydrogen-bond donors (Lipinski definition) is 3. The van der Waals surface area contributed by atoms with Gasteiger partial charge in [-0.15, -0.1) is 0 Å². The van der Waals surface area contributed by atoms with Crippen LogP contribution >= 0.6 is 15.9 Å². The molecule has 0 fully saturated rings. The molecule has 1 rings (SSSR count). The van der Waals surface area contributed by atoms with Gasteiger partial charge in [0.05, 0.1) is 12.6 Å². The summed E-state index contributed by atoms with van der Waals surface area (Å²) < 4.78 is 1.01. The summed E-state index contributed by atoms with van der Waals surface area (Å²) in [4.78, 5) is 10.4. The van der Waals surface area contributed by atoms with Gasteiger partial charge in [-0.25, -0.2) is 4.79 Å². The molecule has 5 heteroatoms. The first-order valence-corrected chi connectivity index (χ1v) is 5.76. The Morgan fingerprint density at radius 2 is 2.00 bits per heavy atom. The molecule has 88 valence electrons. The molecule has 0 spiro atoms. The number of benzene rings is 1. The van der Waals surface area contributed by atoms with Crippen molar-refractivity contribution >= 4 is 22.0 Å². The number of aliphatic hydroxyl groups excluding tert-OH is 1. The molecule has 0 bridgehead atoms. The summed E-state index contributed by atoms with van der Waals surface area (Å²) in [6.45, 7) is -0.178. The Labute approximate surface area is 102 Å². The van der Waals surface area contributed by atoms with Crippen LogP contribution in [0.3, 0.4) is 0 Å². The van der Waals surface area contributed by atoms with Gasteiger partial charge in [-0.3, -0.25) is 0 Å². The average Bonchev–Trinajstić information content (AvgIpc) is 2.26. The van der Waals surface area contributed by atoms with Gasteiger partial charge in [0.15, 0.2) is 0 Å². The van der Waals surface area contributed by atoms with E-state index in [2.05, 4.69) is 21.2 Å². The van der Waals surface area contributed by atoms with Gasteiger partial charge in [0, 0.05) is 4.47 Å². The molecule has 0 saturated heterocycles. The van der Waals surface area contributed by atoms with E-state index in [9.17, 15) is 4.79 Å². The molecule has 1 atom stereocenters. The van der Waals surface area contributed by atoms with Crippen LogP contribution in [0.2, 0.25) is 0 Å². The van der Waals surface area contributed by atoms with E-state index in [1.807, 2.05) is 24.3 Å². The zero-order chi connectivity index (χ0) is 12.0. The molecule has 3 N–H and O–H groups in total. The van der Waals surface area contributed by atoms with E-state index < -0.39 is 12.1 Å². The van der Waals surface area contributed by atoms with Gasteiger partial charge in [0.2, 0.25) is 0 Å². The minimum Gasteiger partial charge on any atom is -0.465 e. The van der Waals surface area contributed by atoms with Crippen LogP contribution in [0.1, 0.15) is 12.0 Å². The molecule has 0 radical (unpaired) electrons. The van der Waals surface area contributed by atoms with Crippen LogP contribution in [0.4, 0.5) is 4.79 Å². The molecule has 0 saturated carbocycles. The summed E-state index contributed by atoms with van der Waals surface area (Å²) in [5.74, 6) is 0. The Kier molecular flexibility index (Phi) is 5.28. The second kappa shape index (κ2) is 6.50. The minimum atomic E-state index is -1.10. The van der Waals surface area contributed by atoms with Crippen molar-refractivity contribution in [1.82, 2.24) is 5.32 Å². The van der Waals surface area contributed by atoms with Gasteiger partial charge in [-0.1, -0.05) is 28.1 Å². The fourth-order valence-corrected chi connectivity index (χ4v) is 1.64. The molecule has 1 aromatic rings. The van der Waals surface area contributed by atoms with Crippen molar-refractivity contribution in [2.24, 2.45) is 0 Å². The highest BCUT2D eigenvalue weighted by Crippen LogP contribution is 2.12. The van der Waals surface area contributed by atoms with Gasteiger partial charge in [-0.05, 0) is 30.5 Å². The normalized spacial score (nSPS) is 12.1. The summed E-state index contributed by atoms with van der Waals surface area (Å²) >= 11 is 3.34. The van der Waals surface area contributed by atoms with Crippen molar-refractivity contribution in [3.8, 4) is 0 Å². The topological polar surface area (TPSA) is 69.6 Å². The van der Waals surface area contributed by atoms with Gasteiger partial charge in [0.1, 0.15) is 0 Å². The van der Waals surface area contributed by atoms with Gasteiger partial charge in [-0.2, -0.15) is 0 Å². The van der Waals surface area contributed by atoms with Gasteiger partial charge in [0.25, 0.3) is 0 Å². The van der Waals surface area contributed by atoms with Crippen molar-refractivity contribution in [3.05, 3.63) is 34.3 Å². The summed E-state index contributed by atoms with van der Waals surface area (Å²) in [6, 6.07) is 7.42. The van der Waals surface area contributed by atoms with E-state index in [1.165, 1.54) is 0 Å². The molecule has 0 aromatic heterocycles. The van der Waals surface area contributed by atoms with Crippen LogP contribution in [0.5, 0.6) is 0 Å². The quantitative estimate of drug-likeness (QED) is 0.776. The van der Waals surface area contributed by atoms with E-state index in [4.69, 9.17) is 10.2 Å². The number of hydrogen-bond acceptors (Lipinski definition) is 2. The monoisotopic (exact) mass is 287 g/mol. The van der Waals surface area contributed by atoms with Crippen LogP contribution in [0, 0.1) is 0 Å². The lowest BCUT2D eigenvalue weighted by Crippen LogP contribution is -2.36. The van der Waals surface area contributed by atoms with Crippen LogP contribution in [-0.2, 0) is 6.42 Å². The number of amides is 1. The fraction of sp³-hybridized carbons (Fsp3) is 0.364. The minimum absolute atomic E-state index is 0.178. The number of nitrogens with one attached hydrogen (secondary N) is 1. The van der Waals surface area contributed by atoms with E-state index in [1.54, 1.807) is 0 Å². The fourth-order valence-electron chi connectivity index (χ4n) is 1.38. The number of rotatable bonds is 5. The van der Waals surface area contributed by atoms with Crippen LogP contribution in [0.25, 0.3) is 0 Å². The number of aliphatic hydroxyl groups is 1. The van der Waals surface area contributed by atoms with Crippen molar-refractivity contribution in [1.29, 1.82) is 0 Å². The third-order valence-corrected chi connectivity index (χ3v) is 2.77. The molecular weight excluding hydrogens is 274 g/mol. The second-order valence-electron chi connectivity index (χ2n) is 3.49. The van der Waals surface area contributed by atoms with E-state index in [0.29, 0.717) is 6.42 Å². The standard InChI is InChI=1S/C11H14BrNO3/c12-9-4-1-8(2-5-9)3-6-10(7-14)13-11(15)16/h1-2,4-5,10,13-14H,3,6-7H2,(H,15,16)/t10-/m0/s1. The SMILES string of the molecule is O=C(O)N[C@H](CO)CCc1ccc(Br)cc1. The Bertz CT molecular complexity index is 340. The largest absolute Gasteiger partial charge is 0.465 e. The van der Waals surface area contributed by atoms with Crippen molar-refractivity contribution in [3.63, 3.8) is 0 Å². The molecule has 0 aliphatic rings. The lowest BCUT2D eigenvalue weighted by Gasteiger charge is -2.13. The number of carbonyl (C=O) groups is 1. The van der Waals surface area contributed by atoms with Crippen LogP contribution < -0.4 is 5.32 Å². The molecule has 1 aromatic carbocycles. The highest BCUT2D eigenvalue weighted by molar-refractivity contribution is 9.10. The Hall–Kier alpha value is -1.07. The maximum absolute atomic E-state index is 10.4. The van der Waals surface area contributed by atoms with Crippen molar-refractivity contribution in [2.45, 2.75) is 18.9 Å². The molecule has 4 nitrogen and oxygen atoms in total. The van der Waals surface area contributed by atoms with E-state index >= 15 is 0 Å². The summed E-state index contributed by atoms with van der Waals surface area (Å²) in [6.07, 6.45) is 0.221. The van der Waals surface area contributed by atoms with Crippen molar-refractivity contribution < 1.29 is 15.0 Å². The molecule has 0 heterocycles. The average molecular weight is 288 g/mol. The van der Waals surface area contributed by atoms with Crippen LogP contribution in [0.15, 0.2) is 28.7 Å². The zero-order valence-corrected chi connectivity index (χ0v) is 10.3. The first-order valence-electron chi connectivity index (χ1n) is 4.96. The summed E-state index contributed by atoms with van der Waals surface area (Å²) in [5, 5.41) is 19.8. The smallest absolute Gasteiger partial charge is 0.404 e. The molecule has 1 amide bonds. The Morgan fingerprint density at radius 1 is 1.38 bits per heavy atom. The lowest BCUT2D eigenvalue weighted by atomic mass is 10.1. The maximum Gasteiger partial charge on any atom is 0.404 e.